The SMILES string of the molecule is Cc1ccc(NC(=O)[C@H](C)OC(=O)c2cc(O)c3ccccc3c2O)cc1F. The Morgan fingerprint density at radius 1 is 1.07 bits per heavy atom. The minimum Gasteiger partial charge on any atom is -0.507 e. The van der Waals surface area contributed by atoms with Gasteiger partial charge in [-0.1, -0.05) is 30.3 Å². The summed E-state index contributed by atoms with van der Waals surface area (Å²) in [5.74, 6) is -2.67. The van der Waals surface area contributed by atoms with Crippen LogP contribution in [0, 0.1) is 12.7 Å². The Labute approximate surface area is 160 Å². The van der Waals surface area contributed by atoms with Crippen molar-refractivity contribution in [3.63, 3.8) is 0 Å². The zero-order chi connectivity index (χ0) is 20.4. The number of hydrogen-bond acceptors (Lipinski definition) is 5. The Morgan fingerprint density at radius 2 is 1.75 bits per heavy atom. The van der Waals surface area contributed by atoms with Gasteiger partial charge in [0.1, 0.15) is 22.9 Å². The molecule has 3 aromatic rings. The second-order valence-corrected chi connectivity index (χ2v) is 6.34. The molecule has 0 heterocycles. The fraction of sp³-hybridized carbons (Fsp3) is 0.143. The third-order valence-electron chi connectivity index (χ3n) is 4.31. The number of hydrogen-bond donors (Lipinski definition) is 3. The van der Waals surface area contributed by atoms with Crippen molar-refractivity contribution in [2.75, 3.05) is 5.32 Å². The largest absolute Gasteiger partial charge is 0.507 e. The molecule has 0 spiro atoms. The van der Waals surface area contributed by atoms with Crippen molar-refractivity contribution >= 4 is 28.3 Å². The first kappa shape index (κ1) is 19.2. The minimum absolute atomic E-state index is 0.201. The molecule has 28 heavy (non-hydrogen) atoms. The van der Waals surface area contributed by atoms with Crippen LogP contribution in [0.3, 0.4) is 0 Å². The van der Waals surface area contributed by atoms with E-state index in [-0.39, 0.29) is 28.1 Å². The average molecular weight is 383 g/mol. The second-order valence-electron chi connectivity index (χ2n) is 6.34. The number of phenols is 2. The first-order valence-electron chi connectivity index (χ1n) is 8.49. The van der Waals surface area contributed by atoms with Gasteiger partial charge < -0.3 is 20.3 Å². The molecule has 0 aliphatic heterocycles. The monoisotopic (exact) mass is 383 g/mol. The molecule has 0 radical (unpaired) electrons. The first-order chi connectivity index (χ1) is 13.3. The molecule has 7 heteroatoms. The summed E-state index contributed by atoms with van der Waals surface area (Å²) in [4.78, 5) is 24.6. The van der Waals surface area contributed by atoms with E-state index in [1.54, 1.807) is 31.2 Å². The summed E-state index contributed by atoms with van der Waals surface area (Å²) in [6.07, 6.45) is -1.22. The lowest BCUT2D eigenvalue weighted by molar-refractivity contribution is -0.123. The van der Waals surface area contributed by atoms with Crippen molar-refractivity contribution in [1.29, 1.82) is 0 Å². The van der Waals surface area contributed by atoms with Gasteiger partial charge >= 0.3 is 5.97 Å². The van der Waals surface area contributed by atoms with E-state index in [4.69, 9.17) is 4.74 Å². The maximum absolute atomic E-state index is 13.6. The molecule has 3 rings (SSSR count). The number of carbonyl (C=O) groups excluding carboxylic acids is 2. The van der Waals surface area contributed by atoms with E-state index >= 15 is 0 Å². The van der Waals surface area contributed by atoms with Gasteiger partial charge in [-0.2, -0.15) is 0 Å². The molecule has 0 aliphatic rings. The molecule has 0 aliphatic carbocycles. The average Bonchev–Trinajstić information content (AvgIpc) is 2.67. The number of aryl methyl sites for hydroxylation is 1. The Hall–Kier alpha value is -3.61. The third-order valence-corrected chi connectivity index (χ3v) is 4.31. The Morgan fingerprint density at radius 3 is 2.43 bits per heavy atom. The van der Waals surface area contributed by atoms with Gasteiger partial charge in [-0.3, -0.25) is 4.79 Å². The molecule has 6 nitrogen and oxygen atoms in total. The molecule has 1 atom stereocenters. The van der Waals surface area contributed by atoms with Crippen LogP contribution in [0.2, 0.25) is 0 Å². The number of carbonyl (C=O) groups is 2. The van der Waals surface area contributed by atoms with Crippen molar-refractivity contribution in [3.8, 4) is 11.5 Å². The Bertz CT molecular complexity index is 1080. The minimum atomic E-state index is -1.22. The highest BCUT2D eigenvalue weighted by molar-refractivity contribution is 6.04. The Balaban J connectivity index is 1.76. The molecule has 0 unspecified atom stereocenters. The second kappa shape index (κ2) is 7.56. The van der Waals surface area contributed by atoms with Crippen LogP contribution in [0.15, 0.2) is 48.5 Å². The number of aromatic hydroxyl groups is 2. The van der Waals surface area contributed by atoms with Crippen LogP contribution >= 0.6 is 0 Å². The van der Waals surface area contributed by atoms with Crippen LogP contribution in [0.5, 0.6) is 11.5 Å². The highest BCUT2D eigenvalue weighted by Gasteiger charge is 2.23. The van der Waals surface area contributed by atoms with Crippen LogP contribution in [0.1, 0.15) is 22.8 Å². The fourth-order valence-corrected chi connectivity index (χ4v) is 2.69. The van der Waals surface area contributed by atoms with Crippen molar-refractivity contribution in [2.24, 2.45) is 0 Å². The van der Waals surface area contributed by atoms with Gasteiger partial charge in [0, 0.05) is 16.5 Å². The zero-order valence-corrected chi connectivity index (χ0v) is 15.2. The summed E-state index contributed by atoms with van der Waals surface area (Å²) in [5.41, 5.74) is 0.392. The van der Waals surface area contributed by atoms with Gasteiger partial charge in [0.25, 0.3) is 5.91 Å². The maximum atomic E-state index is 13.6. The number of fused-ring (bicyclic) bond motifs is 1. The predicted octanol–water partition coefficient (Wildman–Crippen LogP) is 3.88. The third kappa shape index (κ3) is 3.73. The van der Waals surface area contributed by atoms with Gasteiger partial charge in [-0.15, -0.1) is 0 Å². The lowest BCUT2D eigenvalue weighted by Crippen LogP contribution is -2.30. The van der Waals surface area contributed by atoms with Crippen LogP contribution < -0.4 is 5.32 Å². The summed E-state index contributed by atoms with van der Waals surface area (Å²) in [5, 5.41) is 23.5. The molecule has 0 bridgehead atoms. The number of amides is 1. The normalized spacial score (nSPS) is 11.8. The maximum Gasteiger partial charge on any atom is 0.342 e. The highest BCUT2D eigenvalue weighted by atomic mass is 19.1. The number of rotatable bonds is 4. The van der Waals surface area contributed by atoms with Crippen LogP contribution in [0.25, 0.3) is 10.8 Å². The molecule has 3 aromatic carbocycles. The number of phenolic OH excluding ortho intramolecular Hbond substituents is 2. The summed E-state index contributed by atoms with van der Waals surface area (Å²) in [6.45, 7) is 2.94. The van der Waals surface area contributed by atoms with E-state index in [1.165, 1.54) is 19.1 Å². The van der Waals surface area contributed by atoms with E-state index in [0.717, 1.165) is 12.1 Å². The molecule has 3 N–H and O–H groups in total. The molecular formula is C21H18FNO5. The number of halogens is 1. The van der Waals surface area contributed by atoms with E-state index < -0.39 is 23.8 Å². The molecule has 0 fully saturated rings. The zero-order valence-electron chi connectivity index (χ0n) is 15.2. The van der Waals surface area contributed by atoms with Crippen LogP contribution in [-0.2, 0) is 9.53 Å². The number of anilines is 1. The van der Waals surface area contributed by atoms with E-state index in [1.807, 2.05) is 0 Å². The molecule has 0 aromatic heterocycles. The topological polar surface area (TPSA) is 95.9 Å². The molecule has 144 valence electrons. The van der Waals surface area contributed by atoms with Gasteiger partial charge in [-0.05, 0) is 37.6 Å². The van der Waals surface area contributed by atoms with Gasteiger partial charge in [0.15, 0.2) is 6.10 Å². The van der Waals surface area contributed by atoms with Crippen molar-refractivity contribution in [1.82, 2.24) is 0 Å². The molecule has 0 saturated carbocycles. The number of ether oxygens (including phenoxy) is 1. The number of benzene rings is 3. The quantitative estimate of drug-likeness (QED) is 0.469. The van der Waals surface area contributed by atoms with Crippen molar-refractivity contribution < 1.29 is 28.9 Å². The first-order valence-corrected chi connectivity index (χ1v) is 8.49. The summed E-state index contributed by atoms with van der Waals surface area (Å²) >= 11 is 0. The lowest BCUT2D eigenvalue weighted by Gasteiger charge is -2.15. The smallest absolute Gasteiger partial charge is 0.342 e. The summed E-state index contributed by atoms with van der Waals surface area (Å²) < 4.78 is 18.7. The Kier molecular flexibility index (Phi) is 5.17. The summed E-state index contributed by atoms with van der Waals surface area (Å²) in [7, 11) is 0. The van der Waals surface area contributed by atoms with E-state index in [0.29, 0.717) is 10.9 Å². The number of esters is 1. The predicted molar refractivity (Wildman–Crippen MR) is 102 cm³/mol. The van der Waals surface area contributed by atoms with Crippen LogP contribution in [0.4, 0.5) is 10.1 Å². The van der Waals surface area contributed by atoms with Crippen LogP contribution in [-0.4, -0.2) is 28.2 Å². The molecular weight excluding hydrogens is 365 g/mol. The van der Waals surface area contributed by atoms with Gasteiger partial charge in [0.2, 0.25) is 0 Å². The molecule has 1 amide bonds. The van der Waals surface area contributed by atoms with Crippen molar-refractivity contribution in [3.05, 3.63) is 65.5 Å². The van der Waals surface area contributed by atoms with Gasteiger partial charge in [0.05, 0.1) is 0 Å². The van der Waals surface area contributed by atoms with Crippen molar-refractivity contribution in [2.45, 2.75) is 20.0 Å². The highest BCUT2D eigenvalue weighted by Crippen LogP contribution is 2.35. The van der Waals surface area contributed by atoms with E-state index in [9.17, 15) is 24.2 Å². The fourth-order valence-electron chi connectivity index (χ4n) is 2.69. The standard InChI is InChI=1S/C21H18FNO5/c1-11-7-8-13(9-17(11)22)23-20(26)12(2)28-21(27)16-10-18(24)14-5-3-4-6-15(14)19(16)25/h3-10,12,24-25H,1-2H3,(H,23,26)/t12-/m0/s1. The number of nitrogens with one attached hydrogen (secondary N) is 1. The molecule has 0 saturated heterocycles. The summed E-state index contributed by atoms with van der Waals surface area (Å²) in [6, 6.07) is 11.7. The van der Waals surface area contributed by atoms with Gasteiger partial charge in [-0.25, -0.2) is 9.18 Å². The lowest BCUT2D eigenvalue weighted by atomic mass is 10.0. The van der Waals surface area contributed by atoms with E-state index in [2.05, 4.69) is 5.32 Å².